The summed E-state index contributed by atoms with van der Waals surface area (Å²) in [6.45, 7) is 0. The molecule has 0 atom stereocenters. The van der Waals surface area contributed by atoms with Crippen LogP contribution in [0.1, 0.15) is 10.6 Å². The van der Waals surface area contributed by atoms with Gasteiger partial charge in [-0.2, -0.15) is 0 Å². The van der Waals surface area contributed by atoms with Gasteiger partial charge in [0.25, 0.3) is 0 Å². The highest BCUT2D eigenvalue weighted by Crippen LogP contribution is 2.19. The Labute approximate surface area is 68.8 Å². The summed E-state index contributed by atoms with van der Waals surface area (Å²) in [6.07, 6.45) is 1.48. The van der Waals surface area contributed by atoms with Crippen molar-refractivity contribution in [2.45, 2.75) is 0 Å². The zero-order valence-electron chi connectivity index (χ0n) is 6.20. The molecule has 12 heavy (non-hydrogen) atoms. The van der Waals surface area contributed by atoms with Crippen LogP contribution >= 0.6 is 0 Å². The first kappa shape index (κ1) is 6.91. The molecule has 0 aliphatic rings. The summed E-state index contributed by atoms with van der Waals surface area (Å²) >= 11 is 0. The first-order chi connectivity index (χ1) is 5.79. The lowest BCUT2D eigenvalue weighted by Gasteiger charge is -1.87. The zero-order valence-corrected chi connectivity index (χ0v) is 6.20. The largest absolute Gasteiger partial charge is 0.458 e. The highest BCUT2D eigenvalue weighted by atomic mass is 16.3. The molecule has 1 radical (unpaired) electrons. The third-order valence-corrected chi connectivity index (χ3v) is 1.72. The highest BCUT2D eigenvalue weighted by Gasteiger charge is 2.10. The molecule has 3 heteroatoms. The van der Waals surface area contributed by atoms with Crippen molar-refractivity contribution in [3.63, 3.8) is 0 Å². The maximum Gasteiger partial charge on any atom is 0.306 e. The lowest BCUT2D eigenvalue weighted by atomic mass is 10.2. The fourth-order valence-electron chi connectivity index (χ4n) is 1.17. The van der Waals surface area contributed by atoms with Gasteiger partial charge >= 0.3 is 5.91 Å². The number of nitrogens with one attached hydrogen (secondary N) is 1. The molecule has 59 valence electrons. The van der Waals surface area contributed by atoms with Crippen molar-refractivity contribution in [1.29, 1.82) is 0 Å². The van der Waals surface area contributed by atoms with Crippen molar-refractivity contribution in [2.75, 3.05) is 0 Å². The van der Waals surface area contributed by atoms with Crippen LogP contribution in [0.2, 0.25) is 0 Å². The van der Waals surface area contributed by atoms with E-state index in [9.17, 15) is 4.79 Å². The summed E-state index contributed by atoms with van der Waals surface area (Å²) in [5.41, 5.74) is 6.88. The molecule has 2 rings (SSSR count). The van der Waals surface area contributed by atoms with E-state index in [4.69, 9.17) is 10.2 Å². The van der Waals surface area contributed by atoms with Crippen molar-refractivity contribution in [2.24, 2.45) is 0 Å². The molecule has 3 nitrogen and oxygen atoms in total. The Morgan fingerprint density at radius 2 is 2.08 bits per heavy atom. The second-order valence-corrected chi connectivity index (χ2v) is 2.48. The molecule has 0 fully saturated rings. The van der Waals surface area contributed by atoms with E-state index in [0.717, 1.165) is 5.39 Å². The first-order valence-electron chi connectivity index (χ1n) is 3.51. The molecule has 0 unspecified atom stereocenters. The SMILES string of the molecule is [NH]C(=O)c1occ2ccccc12. The minimum Gasteiger partial charge on any atom is -0.458 e. The average molecular weight is 160 g/mol. The molecular weight excluding hydrogens is 154 g/mol. The summed E-state index contributed by atoms with van der Waals surface area (Å²) in [5, 5.41) is 1.56. The van der Waals surface area contributed by atoms with E-state index in [1.165, 1.54) is 6.26 Å². The Balaban J connectivity index is 2.79. The number of hydrogen-bond donors (Lipinski definition) is 0. The summed E-state index contributed by atoms with van der Waals surface area (Å²) in [4.78, 5) is 10.7. The number of hydrogen-bond acceptors (Lipinski definition) is 2. The zero-order chi connectivity index (χ0) is 8.55. The summed E-state index contributed by atoms with van der Waals surface area (Å²) in [7, 11) is 0. The number of carbonyl (C=O) groups is 1. The van der Waals surface area contributed by atoms with Crippen LogP contribution in [0.3, 0.4) is 0 Å². The molecular formula is C9H6NO2. The molecule has 0 aliphatic heterocycles. The highest BCUT2D eigenvalue weighted by molar-refractivity contribution is 6.03. The van der Waals surface area contributed by atoms with Crippen molar-refractivity contribution in [1.82, 2.24) is 5.73 Å². The van der Waals surface area contributed by atoms with Gasteiger partial charge in [-0.05, 0) is 0 Å². The van der Waals surface area contributed by atoms with Gasteiger partial charge in [0.1, 0.15) is 0 Å². The Hall–Kier alpha value is -1.77. The summed E-state index contributed by atoms with van der Waals surface area (Å²) in [5.74, 6) is -0.665. The van der Waals surface area contributed by atoms with Crippen LogP contribution in [0.15, 0.2) is 34.9 Å². The predicted molar refractivity (Wildman–Crippen MR) is 43.6 cm³/mol. The fraction of sp³-hybridized carbons (Fsp3) is 0. The van der Waals surface area contributed by atoms with Crippen molar-refractivity contribution >= 4 is 16.7 Å². The lowest BCUT2D eigenvalue weighted by molar-refractivity contribution is 0.0967. The van der Waals surface area contributed by atoms with Gasteiger partial charge in [0.05, 0.1) is 6.26 Å². The Morgan fingerprint density at radius 1 is 1.33 bits per heavy atom. The number of rotatable bonds is 1. The van der Waals surface area contributed by atoms with Crippen LogP contribution in [0.4, 0.5) is 0 Å². The number of amides is 1. The Bertz CT molecular complexity index is 431. The molecule has 1 heterocycles. The van der Waals surface area contributed by atoms with Crippen molar-refractivity contribution in [3.8, 4) is 0 Å². The Morgan fingerprint density at radius 3 is 2.83 bits per heavy atom. The number of furan rings is 1. The van der Waals surface area contributed by atoms with Crippen LogP contribution < -0.4 is 5.73 Å². The number of benzene rings is 1. The second-order valence-electron chi connectivity index (χ2n) is 2.48. The predicted octanol–water partition coefficient (Wildman–Crippen LogP) is 1.86. The molecule has 0 saturated heterocycles. The standard InChI is InChI=1S/C9H6NO2/c10-9(11)8-7-4-2-1-3-6(7)5-12-8/h1-5,10H. The summed E-state index contributed by atoms with van der Waals surface area (Å²) in [6, 6.07) is 7.27. The Kier molecular flexibility index (Phi) is 1.37. The summed E-state index contributed by atoms with van der Waals surface area (Å²) < 4.78 is 4.94. The maximum atomic E-state index is 10.7. The molecule has 0 saturated carbocycles. The molecule has 0 bridgehead atoms. The van der Waals surface area contributed by atoms with Gasteiger partial charge in [0.2, 0.25) is 5.76 Å². The van der Waals surface area contributed by atoms with Crippen LogP contribution in [0, 0.1) is 0 Å². The molecule has 1 N–H and O–H groups in total. The van der Waals surface area contributed by atoms with Crippen LogP contribution in [-0.4, -0.2) is 5.91 Å². The average Bonchev–Trinajstić information content (AvgIpc) is 2.47. The van der Waals surface area contributed by atoms with E-state index in [1.807, 2.05) is 18.2 Å². The minimum absolute atomic E-state index is 0.116. The van der Waals surface area contributed by atoms with E-state index in [-0.39, 0.29) is 5.76 Å². The van der Waals surface area contributed by atoms with Crippen LogP contribution in [0.5, 0.6) is 0 Å². The van der Waals surface area contributed by atoms with Gasteiger partial charge in [0.15, 0.2) is 0 Å². The second kappa shape index (κ2) is 2.37. The van der Waals surface area contributed by atoms with Gasteiger partial charge in [-0.25, -0.2) is 0 Å². The lowest BCUT2D eigenvalue weighted by Crippen LogP contribution is -1.96. The van der Waals surface area contributed by atoms with Crippen LogP contribution in [-0.2, 0) is 0 Å². The molecule has 1 amide bonds. The molecule has 0 spiro atoms. The quantitative estimate of drug-likeness (QED) is 0.639. The van der Waals surface area contributed by atoms with Gasteiger partial charge in [-0.1, -0.05) is 24.3 Å². The van der Waals surface area contributed by atoms with Crippen molar-refractivity contribution in [3.05, 3.63) is 36.3 Å². The monoisotopic (exact) mass is 160 g/mol. The molecule has 0 aliphatic carbocycles. The normalized spacial score (nSPS) is 10.3. The topological polar surface area (TPSA) is 54.0 Å². The van der Waals surface area contributed by atoms with E-state index in [2.05, 4.69) is 0 Å². The number of fused-ring (bicyclic) bond motifs is 1. The van der Waals surface area contributed by atoms with E-state index < -0.39 is 5.91 Å². The fourth-order valence-corrected chi connectivity index (χ4v) is 1.17. The smallest absolute Gasteiger partial charge is 0.306 e. The molecule has 2 aromatic rings. The molecule has 1 aromatic carbocycles. The van der Waals surface area contributed by atoms with E-state index in [0.29, 0.717) is 5.39 Å². The third kappa shape index (κ3) is 0.871. The van der Waals surface area contributed by atoms with Gasteiger partial charge in [-0.15, -0.1) is 0 Å². The third-order valence-electron chi connectivity index (χ3n) is 1.72. The van der Waals surface area contributed by atoms with Gasteiger partial charge in [0, 0.05) is 10.8 Å². The molecule has 1 aromatic heterocycles. The van der Waals surface area contributed by atoms with E-state index in [1.54, 1.807) is 6.07 Å². The maximum absolute atomic E-state index is 10.7. The van der Waals surface area contributed by atoms with Gasteiger partial charge < -0.3 is 4.42 Å². The number of carbonyl (C=O) groups excluding carboxylic acids is 1. The van der Waals surface area contributed by atoms with Crippen LogP contribution in [0.25, 0.3) is 10.8 Å². The minimum atomic E-state index is -0.781. The van der Waals surface area contributed by atoms with E-state index >= 15 is 0 Å². The van der Waals surface area contributed by atoms with Crippen molar-refractivity contribution < 1.29 is 9.21 Å². The first-order valence-corrected chi connectivity index (χ1v) is 3.51. The van der Waals surface area contributed by atoms with Gasteiger partial charge in [-0.3, -0.25) is 10.5 Å².